The number of hydrogen-bond donors (Lipinski definition) is 1. The van der Waals surface area contributed by atoms with E-state index < -0.39 is 0 Å². The zero-order valence-corrected chi connectivity index (χ0v) is 13.5. The van der Waals surface area contributed by atoms with E-state index in [2.05, 4.69) is 42.9 Å². The minimum absolute atomic E-state index is 0.626. The van der Waals surface area contributed by atoms with Gasteiger partial charge in [0, 0.05) is 17.8 Å². The van der Waals surface area contributed by atoms with Gasteiger partial charge in [-0.15, -0.1) is 0 Å². The van der Waals surface area contributed by atoms with Crippen LogP contribution in [0.2, 0.25) is 0 Å². The average Bonchev–Trinajstić information content (AvgIpc) is 2.87. The number of hydrogen-bond acceptors (Lipinski definition) is 3. The molecular weight excluding hydrogens is 274 g/mol. The van der Waals surface area contributed by atoms with Gasteiger partial charge in [0.25, 0.3) is 0 Å². The minimum atomic E-state index is 0.626. The first-order valence-corrected chi connectivity index (χ1v) is 7.72. The van der Waals surface area contributed by atoms with Crippen LogP contribution < -0.4 is 4.74 Å². The molecule has 0 amide bonds. The molecule has 4 heteroatoms. The molecule has 0 fully saturated rings. The molecular formula is C18H21N3O. The van der Waals surface area contributed by atoms with Gasteiger partial charge in [-0.1, -0.05) is 6.92 Å². The van der Waals surface area contributed by atoms with Crippen LogP contribution in [0.25, 0.3) is 22.3 Å². The second-order valence-corrected chi connectivity index (χ2v) is 5.45. The van der Waals surface area contributed by atoms with Crippen molar-refractivity contribution in [2.75, 3.05) is 6.61 Å². The minimum Gasteiger partial charge on any atom is -0.478 e. The molecule has 1 N–H and O–H groups in total. The van der Waals surface area contributed by atoms with E-state index in [4.69, 9.17) is 9.72 Å². The smallest absolute Gasteiger partial charge is 0.213 e. The topological polar surface area (TPSA) is 50.8 Å². The van der Waals surface area contributed by atoms with Gasteiger partial charge in [0.05, 0.1) is 29.0 Å². The van der Waals surface area contributed by atoms with E-state index in [1.54, 1.807) is 0 Å². The average molecular weight is 295 g/mol. The fourth-order valence-corrected chi connectivity index (χ4v) is 2.75. The molecule has 3 aromatic rings. The molecule has 0 spiro atoms. The second kappa shape index (κ2) is 5.79. The van der Waals surface area contributed by atoms with Crippen LogP contribution in [-0.2, 0) is 6.42 Å². The standard InChI is InChI=1S/C18H21N3O/c1-5-14-13(7-8-16(20-14)22-6-2)17-11(3)9-15-18(21-17)12(4)10-19-15/h7-10,19H,5-6H2,1-4H3. The summed E-state index contributed by atoms with van der Waals surface area (Å²) in [5, 5.41) is 0. The van der Waals surface area contributed by atoms with Crippen LogP contribution in [0.3, 0.4) is 0 Å². The van der Waals surface area contributed by atoms with Gasteiger partial charge >= 0.3 is 0 Å². The Labute approximate surface area is 130 Å². The zero-order chi connectivity index (χ0) is 15.7. The third-order valence-electron chi connectivity index (χ3n) is 3.86. The summed E-state index contributed by atoms with van der Waals surface area (Å²) in [7, 11) is 0. The molecule has 0 aromatic carbocycles. The van der Waals surface area contributed by atoms with Crippen LogP contribution in [0.4, 0.5) is 0 Å². The van der Waals surface area contributed by atoms with Gasteiger partial charge in [-0.25, -0.2) is 9.97 Å². The lowest BCUT2D eigenvalue weighted by atomic mass is 10.0. The second-order valence-electron chi connectivity index (χ2n) is 5.45. The Morgan fingerprint density at radius 1 is 1.09 bits per heavy atom. The van der Waals surface area contributed by atoms with E-state index in [0.29, 0.717) is 12.5 Å². The Hall–Kier alpha value is -2.36. The number of H-pyrrole nitrogens is 1. The van der Waals surface area contributed by atoms with E-state index in [1.165, 1.54) is 0 Å². The maximum Gasteiger partial charge on any atom is 0.213 e. The van der Waals surface area contributed by atoms with Gasteiger partial charge in [-0.2, -0.15) is 0 Å². The van der Waals surface area contributed by atoms with Gasteiger partial charge in [0.2, 0.25) is 5.88 Å². The van der Waals surface area contributed by atoms with Crippen molar-refractivity contribution in [3.63, 3.8) is 0 Å². The molecule has 3 rings (SSSR count). The number of aromatic amines is 1. The van der Waals surface area contributed by atoms with Crippen molar-refractivity contribution in [3.8, 4) is 17.1 Å². The maximum absolute atomic E-state index is 5.51. The first kappa shape index (κ1) is 14.6. The van der Waals surface area contributed by atoms with Crippen LogP contribution in [-0.4, -0.2) is 21.6 Å². The molecule has 4 nitrogen and oxygen atoms in total. The Morgan fingerprint density at radius 3 is 2.64 bits per heavy atom. The molecule has 0 unspecified atom stereocenters. The summed E-state index contributed by atoms with van der Waals surface area (Å²) in [5.74, 6) is 0.680. The summed E-state index contributed by atoms with van der Waals surface area (Å²) >= 11 is 0. The number of fused-ring (bicyclic) bond motifs is 1. The number of ether oxygens (including phenoxy) is 1. The number of nitrogens with one attached hydrogen (secondary N) is 1. The first-order valence-electron chi connectivity index (χ1n) is 7.72. The third kappa shape index (κ3) is 2.45. The van der Waals surface area contributed by atoms with Crippen molar-refractivity contribution in [1.82, 2.24) is 15.0 Å². The van der Waals surface area contributed by atoms with Gasteiger partial charge < -0.3 is 9.72 Å². The van der Waals surface area contributed by atoms with Crippen molar-refractivity contribution in [3.05, 3.63) is 41.2 Å². The zero-order valence-electron chi connectivity index (χ0n) is 13.5. The predicted octanol–water partition coefficient (Wildman–Crippen LogP) is 4.20. The highest BCUT2D eigenvalue weighted by Crippen LogP contribution is 2.29. The van der Waals surface area contributed by atoms with E-state index >= 15 is 0 Å². The summed E-state index contributed by atoms with van der Waals surface area (Å²) in [6.45, 7) is 8.86. The SMILES string of the molecule is CCOc1ccc(-c2nc3c(C)c[nH]c3cc2C)c(CC)n1. The Morgan fingerprint density at radius 2 is 1.91 bits per heavy atom. The van der Waals surface area contributed by atoms with E-state index in [9.17, 15) is 0 Å². The fraction of sp³-hybridized carbons (Fsp3) is 0.333. The number of pyridine rings is 2. The van der Waals surface area contributed by atoms with Crippen LogP contribution >= 0.6 is 0 Å². The summed E-state index contributed by atoms with van der Waals surface area (Å²) in [6.07, 6.45) is 2.85. The first-order chi connectivity index (χ1) is 10.6. The third-order valence-corrected chi connectivity index (χ3v) is 3.86. The molecule has 0 atom stereocenters. The van der Waals surface area contributed by atoms with Gasteiger partial charge in [0.15, 0.2) is 0 Å². The summed E-state index contributed by atoms with van der Waals surface area (Å²) < 4.78 is 5.51. The van der Waals surface area contributed by atoms with E-state index in [-0.39, 0.29) is 0 Å². The van der Waals surface area contributed by atoms with Crippen LogP contribution in [0.1, 0.15) is 30.7 Å². The quantitative estimate of drug-likeness (QED) is 0.784. The lowest BCUT2D eigenvalue weighted by Crippen LogP contribution is -2.00. The molecule has 0 aliphatic rings. The van der Waals surface area contributed by atoms with E-state index in [0.717, 1.165) is 45.5 Å². The van der Waals surface area contributed by atoms with E-state index in [1.807, 2.05) is 19.2 Å². The Bertz CT molecular complexity index is 821. The van der Waals surface area contributed by atoms with Gasteiger partial charge in [-0.3, -0.25) is 0 Å². The molecule has 0 radical (unpaired) electrons. The largest absolute Gasteiger partial charge is 0.478 e. The summed E-state index contributed by atoms with van der Waals surface area (Å²) in [4.78, 5) is 12.8. The van der Waals surface area contributed by atoms with Crippen molar-refractivity contribution in [1.29, 1.82) is 0 Å². The van der Waals surface area contributed by atoms with Gasteiger partial charge in [-0.05, 0) is 50.5 Å². The molecule has 0 saturated carbocycles. The normalized spacial score (nSPS) is 11.1. The molecule has 3 aromatic heterocycles. The molecule has 114 valence electrons. The van der Waals surface area contributed by atoms with Crippen molar-refractivity contribution < 1.29 is 4.74 Å². The summed E-state index contributed by atoms with van der Waals surface area (Å²) in [5.41, 5.74) is 7.53. The van der Waals surface area contributed by atoms with Crippen LogP contribution in [0.5, 0.6) is 5.88 Å². The number of aryl methyl sites for hydroxylation is 3. The highest BCUT2D eigenvalue weighted by atomic mass is 16.5. The van der Waals surface area contributed by atoms with Crippen LogP contribution in [0.15, 0.2) is 24.4 Å². The molecule has 3 heterocycles. The fourth-order valence-electron chi connectivity index (χ4n) is 2.75. The molecule has 0 aliphatic heterocycles. The highest BCUT2D eigenvalue weighted by Gasteiger charge is 2.13. The Kier molecular flexibility index (Phi) is 3.84. The lowest BCUT2D eigenvalue weighted by molar-refractivity contribution is 0.326. The van der Waals surface area contributed by atoms with Crippen molar-refractivity contribution >= 4 is 11.0 Å². The number of rotatable bonds is 4. The van der Waals surface area contributed by atoms with Gasteiger partial charge in [0.1, 0.15) is 0 Å². The monoisotopic (exact) mass is 295 g/mol. The molecule has 0 bridgehead atoms. The van der Waals surface area contributed by atoms with Crippen LogP contribution in [0, 0.1) is 13.8 Å². The number of nitrogens with zero attached hydrogens (tertiary/aromatic N) is 2. The molecule has 0 aliphatic carbocycles. The molecule has 0 saturated heterocycles. The maximum atomic E-state index is 5.51. The summed E-state index contributed by atoms with van der Waals surface area (Å²) in [6, 6.07) is 6.15. The lowest BCUT2D eigenvalue weighted by Gasteiger charge is -2.12. The number of aromatic nitrogens is 3. The molecule has 22 heavy (non-hydrogen) atoms. The van der Waals surface area contributed by atoms with Crippen molar-refractivity contribution in [2.24, 2.45) is 0 Å². The highest BCUT2D eigenvalue weighted by molar-refractivity contribution is 5.83. The Balaban J connectivity index is 2.17. The van der Waals surface area contributed by atoms with Crippen molar-refractivity contribution in [2.45, 2.75) is 34.1 Å². The predicted molar refractivity (Wildman–Crippen MR) is 89.3 cm³/mol.